The van der Waals surface area contributed by atoms with E-state index in [4.69, 9.17) is 0 Å². The molecule has 3 aromatic carbocycles. The highest BCUT2D eigenvalue weighted by molar-refractivity contribution is 5.81. The SMILES string of the molecule is C=C/C=C(\C=C/C)c1ccc(N(c2cccc(C)c2)c2ccccc2C)cc1.CC. The first-order chi connectivity index (χ1) is 14.6. The van der Waals surface area contributed by atoms with Crippen LogP contribution in [0.25, 0.3) is 5.57 Å². The summed E-state index contributed by atoms with van der Waals surface area (Å²) in [4.78, 5) is 2.32. The third kappa shape index (κ3) is 5.61. The van der Waals surface area contributed by atoms with Gasteiger partial charge in [-0.15, -0.1) is 0 Å². The zero-order chi connectivity index (χ0) is 21.9. The fourth-order valence-corrected chi connectivity index (χ4v) is 3.37. The van der Waals surface area contributed by atoms with Crippen molar-refractivity contribution in [1.82, 2.24) is 0 Å². The Labute approximate surface area is 182 Å². The fourth-order valence-electron chi connectivity index (χ4n) is 3.37. The highest BCUT2D eigenvalue weighted by atomic mass is 15.1. The highest BCUT2D eigenvalue weighted by Crippen LogP contribution is 2.37. The van der Waals surface area contributed by atoms with Crippen LogP contribution >= 0.6 is 0 Å². The molecular weight excluding hydrogens is 362 g/mol. The summed E-state index contributed by atoms with van der Waals surface area (Å²) < 4.78 is 0. The van der Waals surface area contributed by atoms with Gasteiger partial charge in [0.15, 0.2) is 0 Å². The summed E-state index contributed by atoms with van der Waals surface area (Å²) in [7, 11) is 0. The molecule has 3 aromatic rings. The summed E-state index contributed by atoms with van der Waals surface area (Å²) >= 11 is 0. The Morgan fingerprint density at radius 1 is 0.833 bits per heavy atom. The molecule has 1 nitrogen and oxygen atoms in total. The van der Waals surface area contributed by atoms with Crippen LogP contribution in [0.3, 0.4) is 0 Å². The molecular formula is C29H33N. The molecule has 0 unspecified atom stereocenters. The minimum Gasteiger partial charge on any atom is -0.310 e. The van der Waals surface area contributed by atoms with Crippen LogP contribution in [0.1, 0.15) is 37.5 Å². The van der Waals surface area contributed by atoms with Crippen LogP contribution < -0.4 is 4.90 Å². The molecule has 0 aliphatic heterocycles. The lowest BCUT2D eigenvalue weighted by atomic mass is 10.0. The zero-order valence-electron chi connectivity index (χ0n) is 18.9. The van der Waals surface area contributed by atoms with Crippen molar-refractivity contribution in [3.63, 3.8) is 0 Å². The van der Waals surface area contributed by atoms with Crippen LogP contribution in [0, 0.1) is 13.8 Å². The van der Waals surface area contributed by atoms with Crippen LogP contribution in [0.15, 0.2) is 104 Å². The van der Waals surface area contributed by atoms with E-state index in [2.05, 4.69) is 110 Å². The van der Waals surface area contributed by atoms with E-state index in [0.717, 1.165) is 16.9 Å². The number of hydrogen-bond donors (Lipinski definition) is 0. The van der Waals surface area contributed by atoms with Crippen molar-refractivity contribution >= 4 is 22.6 Å². The van der Waals surface area contributed by atoms with Crippen LogP contribution in [0.2, 0.25) is 0 Å². The molecule has 0 aromatic heterocycles. The van der Waals surface area contributed by atoms with Gasteiger partial charge >= 0.3 is 0 Å². The van der Waals surface area contributed by atoms with Crippen molar-refractivity contribution < 1.29 is 0 Å². The second-order valence-corrected chi connectivity index (χ2v) is 6.87. The van der Waals surface area contributed by atoms with Gasteiger partial charge in [-0.1, -0.05) is 87.2 Å². The van der Waals surface area contributed by atoms with E-state index in [1.54, 1.807) is 0 Å². The van der Waals surface area contributed by atoms with E-state index in [1.165, 1.54) is 22.4 Å². The van der Waals surface area contributed by atoms with Gasteiger partial charge in [0.25, 0.3) is 0 Å². The van der Waals surface area contributed by atoms with Crippen molar-refractivity contribution in [1.29, 1.82) is 0 Å². The van der Waals surface area contributed by atoms with Gasteiger partial charge in [0, 0.05) is 17.1 Å². The summed E-state index contributed by atoms with van der Waals surface area (Å²) in [6.45, 7) is 14.2. The first-order valence-electron chi connectivity index (χ1n) is 10.6. The van der Waals surface area contributed by atoms with Crippen molar-refractivity contribution in [2.75, 3.05) is 4.90 Å². The molecule has 0 saturated carbocycles. The number of rotatable bonds is 6. The zero-order valence-corrected chi connectivity index (χ0v) is 18.9. The minimum atomic E-state index is 1.14. The van der Waals surface area contributed by atoms with Crippen molar-refractivity contribution in [3.05, 3.63) is 120 Å². The van der Waals surface area contributed by atoms with Gasteiger partial charge in [-0.2, -0.15) is 0 Å². The highest BCUT2D eigenvalue weighted by Gasteiger charge is 2.14. The minimum absolute atomic E-state index is 1.14. The standard InChI is InChI=1S/C27H27N.C2H6/c1-5-10-23(11-6-2)24-16-18-25(19-17-24)28(26-14-9-12-21(3)20-26)27-15-8-7-13-22(27)4;1-2/h5-20H,1H2,2-4H3;1-2H3/b11-6-,23-10+;. The predicted molar refractivity (Wildman–Crippen MR) is 135 cm³/mol. The molecule has 30 heavy (non-hydrogen) atoms. The first-order valence-corrected chi connectivity index (χ1v) is 10.6. The molecule has 0 N–H and O–H groups in total. The van der Waals surface area contributed by atoms with E-state index in [-0.39, 0.29) is 0 Å². The Kier molecular flexibility index (Phi) is 8.90. The van der Waals surface area contributed by atoms with Crippen molar-refractivity contribution in [3.8, 4) is 0 Å². The molecule has 0 amide bonds. The number of allylic oxidation sites excluding steroid dienone is 5. The first kappa shape index (κ1) is 23.0. The maximum Gasteiger partial charge on any atom is 0.0490 e. The van der Waals surface area contributed by atoms with Gasteiger partial charge in [0.2, 0.25) is 0 Å². The third-order valence-corrected chi connectivity index (χ3v) is 4.72. The molecule has 1 heteroatoms. The summed E-state index contributed by atoms with van der Waals surface area (Å²) in [5.41, 5.74) is 8.32. The second kappa shape index (κ2) is 11.6. The Morgan fingerprint density at radius 2 is 1.53 bits per heavy atom. The lowest BCUT2D eigenvalue weighted by molar-refractivity contribution is 1.24. The van der Waals surface area contributed by atoms with E-state index in [9.17, 15) is 0 Å². The third-order valence-electron chi connectivity index (χ3n) is 4.72. The van der Waals surface area contributed by atoms with E-state index < -0.39 is 0 Å². The molecule has 0 saturated heterocycles. The van der Waals surface area contributed by atoms with Crippen LogP contribution in [0.4, 0.5) is 17.1 Å². The van der Waals surface area contributed by atoms with Gasteiger partial charge < -0.3 is 4.90 Å². The maximum absolute atomic E-state index is 3.83. The van der Waals surface area contributed by atoms with Gasteiger partial charge in [0.05, 0.1) is 0 Å². The fraction of sp³-hybridized carbons (Fsp3) is 0.172. The van der Waals surface area contributed by atoms with Gasteiger partial charge in [-0.05, 0) is 73.4 Å². The number of para-hydroxylation sites is 1. The van der Waals surface area contributed by atoms with Crippen LogP contribution in [-0.2, 0) is 0 Å². The molecule has 0 fully saturated rings. The summed E-state index contributed by atoms with van der Waals surface area (Å²) in [5, 5.41) is 0. The number of nitrogens with zero attached hydrogens (tertiary/aromatic N) is 1. The monoisotopic (exact) mass is 395 g/mol. The van der Waals surface area contributed by atoms with E-state index in [0.29, 0.717) is 0 Å². The van der Waals surface area contributed by atoms with Crippen LogP contribution in [0.5, 0.6) is 0 Å². The van der Waals surface area contributed by atoms with E-state index in [1.807, 2.05) is 32.9 Å². The number of anilines is 3. The van der Waals surface area contributed by atoms with Gasteiger partial charge in [0.1, 0.15) is 0 Å². The normalized spacial score (nSPS) is 11.0. The lowest BCUT2D eigenvalue weighted by Gasteiger charge is -2.27. The predicted octanol–water partition coefficient (Wildman–Crippen LogP) is 8.94. The smallest absolute Gasteiger partial charge is 0.0490 e. The molecule has 154 valence electrons. The number of benzene rings is 3. The molecule has 0 atom stereocenters. The number of aryl methyl sites for hydroxylation is 2. The molecule has 0 bridgehead atoms. The Balaban J connectivity index is 0.00000155. The quantitative estimate of drug-likeness (QED) is 0.376. The molecule has 0 radical (unpaired) electrons. The topological polar surface area (TPSA) is 3.24 Å². The van der Waals surface area contributed by atoms with Crippen molar-refractivity contribution in [2.24, 2.45) is 0 Å². The van der Waals surface area contributed by atoms with Gasteiger partial charge in [-0.3, -0.25) is 0 Å². The molecule has 0 aliphatic rings. The summed E-state index contributed by atoms with van der Waals surface area (Å²) in [5.74, 6) is 0. The molecule has 0 spiro atoms. The molecule has 0 aliphatic carbocycles. The number of hydrogen-bond acceptors (Lipinski definition) is 1. The van der Waals surface area contributed by atoms with E-state index >= 15 is 0 Å². The lowest BCUT2D eigenvalue weighted by Crippen LogP contribution is -2.11. The Morgan fingerprint density at radius 3 is 2.13 bits per heavy atom. The van der Waals surface area contributed by atoms with Gasteiger partial charge in [-0.25, -0.2) is 0 Å². The average Bonchev–Trinajstić information content (AvgIpc) is 2.77. The summed E-state index contributed by atoms with van der Waals surface area (Å²) in [6.07, 6.45) is 8.02. The maximum atomic E-state index is 3.83. The van der Waals surface area contributed by atoms with Crippen LogP contribution in [-0.4, -0.2) is 0 Å². The largest absolute Gasteiger partial charge is 0.310 e. The Hall–Kier alpha value is -3.32. The Bertz CT molecular complexity index is 1010. The second-order valence-electron chi connectivity index (χ2n) is 6.87. The summed E-state index contributed by atoms with van der Waals surface area (Å²) in [6, 6.07) is 25.9. The van der Waals surface area contributed by atoms with Crippen molar-refractivity contribution in [2.45, 2.75) is 34.6 Å². The average molecular weight is 396 g/mol. The molecule has 0 heterocycles. The molecule has 3 rings (SSSR count).